The van der Waals surface area contributed by atoms with Gasteiger partial charge in [0.15, 0.2) is 5.96 Å². The van der Waals surface area contributed by atoms with Crippen LogP contribution in [0.1, 0.15) is 6.42 Å². The van der Waals surface area contributed by atoms with Crippen molar-refractivity contribution in [2.45, 2.75) is 18.5 Å². The summed E-state index contributed by atoms with van der Waals surface area (Å²) in [7, 11) is 0. The number of rotatable bonds is 3. The van der Waals surface area contributed by atoms with Gasteiger partial charge < -0.3 is 21.9 Å². The molecule has 2 unspecified atom stereocenters. The maximum atomic E-state index is 10.3. The average Bonchev–Trinajstić information content (AvgIpc) is 2.35. The highest BCUT2D eigenvalue weighted by molar-refractivity contribution is 5.80. The Morgan fingerprint density at radius 3 is 3.00 bits per heavy atom. The first-order chi connectivity index (χ1) is 5.59. The second kappa shape index (κ2) is 3.40. The number of nitrogens with one attached hydrogen (secondary N) is 1. The van der Waals surface area contributed by atoms with Crippen LogP contribution in [0.25, 0.3) is 0 Å². The third kappa shape index (κ3) is 2.09. The van der Waals surface area contributed by atoms with Crippen molar-refractivity contribution < 1.29 is 9.90 Å². The number of carbonyl (C=O) groups is 1. The number of nitrogens with zero attached hydrogens (tertiary/aromatic N) is 1. The van der Waals surface area contributed by atoms with Gasteiger partial charge in [-0.05, 0) is 6.42 Å². The van der Waals surface area contributed by atoms with Crippen LogP contribution in [0.4, 0.5) is 0 Å². The van der Waals surface area contributed by atoms with E-state index in [1.54, 1.807) is 0 Å². The first kappa shape index (κ1) is 8.79. The molecule has 12 heavy (non-hydrogen) atoms. The first-order valence-electron chi connectivity index (χ1n) is 3.64. The van der Waals surface area contributed by atoms with E-state index in [2.05, 4.69) is 10.3 Å². The lowest BCUT2D eigenvalue weighted by Crippen LogP contribution is -2.41. The zero-order valence-corrected chi connectivity index (χ0v) is 6.53. The third-order valence-electron chi connectivity index (χ3n) is 1.69. The van der Waals surface area contributed by atoms with Crippen molar-refractivity contribution in [1.82, 2.24) is 5.32 Å². The van der Waals surface area contributed by atoms with E-state index < -0.39 is 12.0 Å². The van der Waals surface area contributed by atoms with Gasteiger partial charge in [0.1, 0.15) is 6.04 Å². The van der Waals surface area contributed by atoms with Crippen LogP contribution in [0.3, 0.4) is 0 Å². The fourth-order valence-corrected chi connectivity index (χ4v) is 1.05. The van der Waals surface area contributed by atoms with E-state index in [0.29, 0.717) is 18.9 Å². The molecule has 0 aromatic carbocycles. The van der Waals surface area contributed by atoms with Crippen molar-refractivity contribution in [3.05, 3.63) is 0 Å². The van der Waals surface area contributed by atoms with Gasteiger partial charge in [0.2, 0.25) is 0 Å². The summed E-state index contributed by atoms with van der Waals surface area (Å²) < 4.78 is 0. The van der Waals surface area contributed by atoms with Crippen molar-refractivity contribution in [2.24, 2.45) is 16.5 Å². The van der Waals surface area contributed by atoms with Gasteiger partial charge in [-0.1, -0.05) is 0 Å². The van der Waals surface area contributed by atoms with Gasteiger partial charge in [-0.15, -0.1) is 0 Å². The van der Waals surface area contributed by atoms with E-state index in [4.69, 9.17) is 16.6 Å². The Morgan fingerprint density at radius 2 is 2.58 bits per heavy atom. The molecule has 0 aromatic heterocycles. The highest BCUT2D eigenvalue weighted by Crippen LogP contribution is 2.01. The minimum atomic E-state index is -0.998. The van der Waals surface area contributed by atoms with Crippen LogP contribution in [-0.2, 0) is 4.79 Å². The normalized spacial score (nSPS) is 24.4. The predicted octanol–water partition coefficient (Wildman–Crippen LogP) is -1.93. The van der Waals surface area contributed by atoms with Crippen molar-refractivity contribution in [1.29, 1.82) is 0 Å². The van der Waals surface area contributed by atoms with E-state index in [1.807, 2.05) is 0 Å². The number of hydrogen-bond acceptors (Lipinski definition) is 5. The average molecular weight is 172 g/mol. The Morgan fingerprint density at radius 1 is 1.92 bits per heavy atom. The van der Waals surface area contributed by atoms with Gasteiger partial charge in [0.25, 0.3) is 0 Å². The molecule has 1 heterocycles. The first-order valence-corrected chi connectivity index (χ1v) is 3.64. The maximum absolute atomic E-state index is 10.3. The third-order valence-corrected chi connectivity index (χ3v) is 1.69. The largest absolute Gasteiger partial charge is 0.480 e. The lowest BCUT2D eigenvalue weighted by Gasteiger charge is -2.12. The molecule has 0 aliphatic carbocycles. The summed E-state index contributed by atoms with van der Waals surface area (Å²) >= 11 is 0. The van der Waals surface area contributed by atoms with Gasteiger partial charge >= 0.3 is 5.97 Å². The molecule has 0 aromatic rings. The summed E-state index contributed by atoms with van der Waals surface area (Å²) in [5, 5.41) is 11.3. The quantitative estimate of drug-likeness (QED) is 0.396. The van der Waals surface area contributed by atoms with Crippen LogP contribution in [0.2, 0.25) is 0 Å². The molecule has 1 aliphatic rings. The highest BCUT2D eigenvalue weighted by Gasteiger charge is 2.21. The predicted molar refractivity (Wildman–Crippen MR) is 43.6 cm³/mol. The molecular weight excluding hydrogens is 160 g/mol. The molecule has 1 rings (SSSR count). The monoisotopic (exact) mass is 172 g/mol. The standard InChI is InChI=1S/C6H12N4O2/c7-4(5(11)12)1-3-2-9-6(8)10-3/h3-4H,1-2,7H2,(H,11,12)(H3,8,9,10). The Balaban J connectivity index is 2.30. The van der Waals surface area contributed by atoms with Crippen LogP contribution in [0.15, 0.2) is 4.99 Å². The fourth-order valence-electron chi connectivity index (χ4n) is 1.05. The van der Waals surface area contributed by atoms with E-state index in [1.165, 1.54) is 0 Å². The summed E-state index contributed by atoms with van der Waals surface area (Å²) in [5.74, 6) is -0.639. The topological polar surface area (TPSA) is 114 Å². The highest BCUT2D eigenvalue weighted by atomic mass is 16.4. The molecule has 6 N–H and O–H groups in total. The van der Waals surface area contributed by atoms with Crippen LogP contribution in [0.5, 0.6) is 0 Å². The SMILES string of the molecule is NC1=NCC(CC(N)C(=O)O)N1. The summed E-state index contributed by atoms with van der Waals surface area (Å²) in [6.45, 7) is 0.507. The minimum Gasteiger partial charge on any atom is -0.480 e. The Labute approximate surface area is 69.6 Å². The van der Waals surface area contributed by atoms with Crippen molar-refractivity contribution >= 4 is 11.9 Å². The lowest BCUT2D eigenvalue weighted by atomic mass is 10.1. The van der Waals surface area contributed by atoms with Crippen molar-refractivity contribution in [3.8, 4) is 0 Å². The second-order valence-electron chi connectivity index (χ2n) is 2.75. The number of hydrogen-bond donors (Lipinski definition) is 4. The number of guanidine groups is 1. The van der Waals surface area contributed by atoms with Crippen LogP contribution in [0, 0.1) is 0 Å². The molecule has 0 saturated carbocycles. The molecule has 0 saturated heterocycles. The zero-order chi connectivity index (χ0) is 9.14. The van der Waals surface area contributed by atoms with Gasteiger partial charge in [-0.3, -0.25) is 9.79 Å². The second-order valence-corrected chi connectivity index (χ2v) is 2.75. The van der Waals surface area contributed by atoms with E-state index in [-0.39, 0.29) is 6.04 Å². The molecular formula is C6H12N4O2. The van der Waals surface area contributed by atoms with Gasteiger partial charge in [-0.25, -0.2) is 0 Å². The molecule has 6 heteroatoms. The smallest absolute Gasteiger partial charge is 0.320 e. The van der Waals surface area contributed by atoms with E-state index in [0.717, 1.165) is 0 Å². The molecule has 0 fully saturated rings. The summed E-state index contributed by atoms with van der Waals surface area (Å²) in [4.78, 5) is 14.2. The molecule has 1 aliphatic heterocycles. The number of carboxylic acid groups (broad SMARTS) is 1. The molecule has 2 atom stereocenters. The number of carboxylic acids is 1. The molecule has 0 spiro atoms. The molecule has 6 nitrogen and oxygen atoms in total. The Bertz CT molecular complexity index is 216. The van der Waals surface area contributed by atoms with Crippen LogP contribution < -0.4 is 16.8 Å². The molecule has 0 amide bonds. The van der Waals surface area contributed by atoms with Crippen molar-refractivity contribution in [3.63, 3.8) is 0 Å². The van der Waals surface area contributed by atoms with Gasteiger partial charge in [-0.2, -0.15) is 0 Å². The summed E-state index contributed by atoms with van der Waals surface area (Å²) in [6.07, 6.45) is 0.347. The molecule has 0 radical (unpaired) electrons. The maximum Gasteiger partial charge on any atom is 0.320 e. The summed E-state index contributed by atoms with van der Waals surface area (Å²) in [6, 6.07) is -0.875. The number of aliphatic carboxylic acids is 1. The molecule has 0 bridgehead atoms. The zero-order valence-electron chi connectivity index (χ0n) is 6.53. The lowest BCUT2D eigenvalue weighted by molar-refractivity contribution is -0.138. The Kier molecular flexibility index (Phi) is 2.49. The van der Waals surface area contributed by atoms with E-state index in [9.17, 15) is 4.79 Å². The minimum absolute atomic E-state index is 0.0314. The van der Waals surface area contributed by atoms with E-state index >= 15 is 0 Å². The van der Waals surface area contributed by atoms with Crippen LogP contribution in [-0.4, -0.2) is 35.7 Å². The summed E-state index contributed by atoms with van der Waals surface area (Å²) in [5.41, 5.74) is 10.6. The van der Waals surface area contributed by atoms with Gasteiger partial charge in [0, 0.05) is 0 Å². The molecule has 68 valence electrons. The van der Waals surface area contributed by atoms with Crippen molar-refractivity contribution in [2.75, 3.05) is 6.54 Å². The number of aliphatic imine (C=N–C) groups is 1. The Hall–Kier alpha value is -1.30. The fraction of sp³-hybridized carbons (Fsp3) is 0.667. The van der Waals surface area contributed by atoms with Gasteiger partial charge in [0.05, 0.1) is 12.6 Å². The number of nitrogens with two attached hydrogens (primary N) is 2. The van der Waals surface area contributed by atoms with Crippen LogP contribution >= 0.6 is 0 Å².